The van der Waals surface area contributed by atoms with E-state index in [2.05, 4.69) is 34.8 Å². The average Bonchev–Trinajstić information content (AvgIpc) is 2.75. The van der Waals surface area contributed by atoms with Crippen LogP contribution < -0.4 is 0 Å². The minimum atomic E-state index is 0.548. The van der Waals surface area contributed by atoms with Gasteiger partial charge in [-0.05, 0) is 55.3 Å². The summed E-state index contributed by atoms with van der Waals surface area (Å²) in [7, 11) is 0. The molecule has 0 aliphatic rings. The Kier molecular flexibility index (Phi) is 3.11. The summed E-state index contributed by atoms with van der Waals surface area (Å²) in [5.41, 5.74) is 4.83. The average molecular weight is 337 g/mol. The van der Waals surface area contributed by atoms with Gasteiger partial charge in [-0.25, -0.2) is 4.98 Å². The minimum absolute atomic E-state index is 0.548. The van der Waals surface area contributed by atoms with E-state index >= 15 is 0 Å². The third-order valence-corrected chi connectivity index (χ3v) is 3.99. The molecule has 3 rings (SSSR count). The Morgan fingerprint density at radius 3 is 2.63 bits per heavy atom. The van der Waals surface area contributed by atoms with Crippen LogP contribution in [0.2, 0.25) is 5.02 Å². The van der Waals surface area contributed by atoms with Gasteiger partial charge in [-0.3, -0.25) is 0 Å². The van der Waals surface area contributed by atoms with Crippen LogP contribution in [0.5, 0.6) is 0 Å². The zero-order valence-electron chi connectivity index (χ0n) is 10.5. The van der Waals surface area contributed by atoms with Gasteiger partial charge in [0.1, 0.15) is 5.52 Å². The molecule has 0 radical (unpaired) electrons. The van der Waals surface area contributed by atoms with Crippen LogP contribution in [0.15, 0.2) is 39.2 Å². The van der Waals surface area contributed by atoms with Crippen molar-refractivity contribution in [1.82, 2.24) is 4.98 Å². The van der Waals surface area contributed by atoms with Gasteiger partial charge in [0.25, 0.3) is 0 Å². The molecule has 0 saturated carbocycles. The highest BCUT2D eigenvalue weighted by Crippen LogP contribution is 2.32. The molecule has 96 valence electrons. The fourth-order valence-corrected chi connectivity index (χ4v) is 2.52. The zero-order chi connectivity index (χ0) is 13.6. The number of benzene rings is 2. The van der Waals surface area contributed by atoms with E-state index < -0.39 is 0 Å². The normalized spacial score (nSPS) is 11.2. The molecule has 2 aromatic carbocycles. The van der Waals surface area contributed by atoms with E-state index in [9.17, 15) is 0 Å². The Morgan fingerprint density at radius 2 is 1.84 bits per heavy atom. The maximum absolute atomic E-state index is 6.20. The Bertz CT molecular complexity index is 740. The lowest BCUT2D eigenvalue weighted by atomic mass is 10.1. The van der Waals surface area contributed by atoms with E-state index in [1.54, 1.807) is 0 Å². The molecule has 1 aromatic heterocycles. The first kappa shape index (κ1) is 12.7. The summed E-state index contributed by atoms with van der Waals surface area (Å²) in [6, 6.07) is 9.67. The van der Waals surface area contributed by atoms with Gasteiger partial charge in [0.2, 0.25) is 5.89 Å². The number of aryl methyl sites for hydroxylation is 2. The van der Waals surface area contributed by atoms with E-state index in [0.717, 1.165) is 21.1 Å². The highest BCUT2D eigenvalue weighted by molar-refractivity contribution is 9.10. The lowest BCUT2D eigenvalue weighted by Crippen LogP contribution is -1.80. The molecule has 0 amide bonds. The largest absolute Gasteiger partial charge is 0.436 e. The van der Waals surface area contributed by atoms with E-state index in [0.29, 0.717) is 10.9 Å². The Morgan fingerprint density at radius 1 is 1.11 bits per heavy atom. The number of oxazole rings is 1. The van der Waals surface area contributed by atoms with Gasteiger partial charge in [-0.2, -0.15) is 0 Å². The Hall–Kier alpha value is -1.32. The van der Waals surface area contributed by atoms with Crippen molar-refractivity contribution < 1.29 is 4.42 Å². The quantitative estimate of drug-likeness (QED) is 0.584. The molecule has 0 fully saturated rings. The van der Waals surface area contributed by atoms with Crippen molar-refractivity contribution >= 4 is 38.6 Å². The monoisotopic (exact) mass is 335 g/mol. The van der Waals surface area contributed by atoms with Crippen molar-refractivity contribution in [2.75, 3.05) is 0 Å². The van der Waals surface area contributed by atoms with Crippen LogP contribution in [0.25, 0.3) is 22.6 Å². The van der Waals surface area contributed by atoms with Crippen LogP contribution in [0.1, 0.15) is 11.1 Å². The van der Waals surface area contributed by atoms with E-state index in [4.69, 9.17) is 16.0 Å². The molecule has 0 bridgehead atoms. The lowest BCUT2D eigenvalue weighted by Gasteiger charge is -1.99. The Labute approximate surface area is 124 Å². The second-order valence-electron chi connectivity index (χ2n) is 4.55. The number of halogens is 2. The molecular formula is C15H11BrClNO. The first-order chi connectivity index (χ1) is 9.04. The van der Waals surface area contributed by atoms with Gasteiger partial charge >= 0.3 is 0 Å². The van der Waals surface area contributed by atoms with Crippen LogP contribution in [0, 0.1) is 13.8 Å². The number of aromatic nitrogens is 1. The number of rotatable bonds is 1. The lowest BCUT2D eigenvalue weighted by molar-refractivity contribution is 0.619. The molecule has 0 spiro atoms. The Balaban J connectivity index is 2.23. The van der Waals surface area contributed by atoms with Crippen molar-refractivity contribution in [1.29, 1.82) is 0 Å². The molecule has 1 heterocycles. The van der Waals surface area contributed by atoms with Crippen LogP contribution in [-0.4, -0.2) is 4.98 Å². The minimum Gasteiger partial charge on any atom is -0.436 e. The van der Waals surface area contributed by atoms with Crippen LogP contribution in [0.3, 0.4) is 0 Å². The fraction of sp³-hybridized carbons (Fsp3) is 0.133. The second kappa shape index (κ2) is 4.66. The molecule has 0 aliphatic heterocycles. The summed E-state index contributed by atoms with van der Waals surface area (Å²) in [5, 5.41) is 0.628. The summed E-state index contributed by atoms with van der Waals surface area (Å²) in [6.07, 6.45) is 0. The topological polar surface area (TPSA) is 26.0 Å². The number of hydrogen-bond donors (Lipinski definition) is 0. The molecule has 3 aromatic rings. The molecule has 0 saturated heterocycles. The standard InChI is InChI=1S/C15H11BrClNO/c1-8-5-13-14(6-9(8)2)19-15(18-13)11-7-10(16)3-4-12(11)17/h3-7H,1-2H3. The van der Waals surface area contributed by atoms with Gasteiger partial charge in [0, 0.05) is 4.47 Å². The SMILES string of the molecule is Cc1cc2nc(-c3cc(Br)ccc3Cl)oc2cc1C. The van der Waals surface area contributed by atoms with Crippen molar-refractivity contribution in [2.45, 2.75) is 13.8 Å². The third kappa shape index (κ3) is 2.28. The van der Waals surface area contributed by atoms with Crippen LogP contribution in [-0.2, 0) is 0 Å². The smallest absolute Gasteiger partial charge is 0.228 e. The van der Waals surface area contributed by atoms with Gasteiger partial charge < -0.3 is 4.42 Å². The third-order valence-electron chi connectivity index (χ3n) is 3.16. The summed E-state index contributed by atoms with van der Waals surface area (Å²) in [6.45, 7) is 4.12. The highest BCUT2D eigenvalue weighted by atomic mass is 79.9. The fourth-order valence-electron chi connectivity index (χ4n) is 1.96. The van der Waals surface area contributed by atoms with Crippen molar-refractivity contribution in [3.8, 4) is 11.5 Å². The first-order valence-electron chi connectivity index (χ1n) is 5.88. The number of fused-ring (bicyclic) bond motifs is 1. The molecule has 0 N–H and O–H groups in total. The molecule has 0 atom stereocenters. The predicted molar refractivity (Wildman–Crippen MR) is 81.6 cm³/mol. The van der Waals surface area contributed by atoms with E-state index in [1.807, 2.05) is 30.3 Å². The van der Waals surface area contributed by atoms with Crippen LogP contribution >= 0.6 is 27.5 Å². The van der Waals surface area contributed by atoms with Crippen LogP contribution in [0.4, 0.5) is 0 Å². The van der Waals surface area contributed by atoms with Gasteiger partial charge in [-0.15, -0.1) is 0 Å². The van der Waals surface area contributed by atoms with Gasteiger partial charge in [-0.1, -0.05) is 27.5 Å². The van der Waals surface area contributed by atoms with Gasteiger partial charge in [0.15, 0.2) is 5.58 Å². The highest BCUT2D eigenvalue weighted by Gasteiger charge is 2.12. The zero-order valence-corrected chi connectivity index (χ0v) is 12.8. The van der Waals surface area contributed by atoms with E-state index in [-0.39, 0.29) is 0 Å². The molecule has 4 heteroatoms. The maximum atomic E-state index is 6.20. The molecule has 19 heavy (non-hydrogen) atoms. The van der Waals surface area contributed by atoms with E-state index in [1.165, 1.54) is 11.1 Å². The molecule has 0 unspecified atom stereocenters. The molecule has 0 aliphatic carbocycles. The summed E-state index contributed by atoms with van der Waals surface area (Å²) in [5.74, 6) is 0.548. The van der Waals surface area contributed by atoms with Crippen molar-refractivity contribution in [3.05, 3.63) is 51.0 Å². The summed E-state index contributed by atoms with van der Waals surface area (Å²) < 4.78 is 6.76. The van der Waals surface area contributed by atoms with Crippen molar-refractivity contribution in [2.24, 2.45) is 0 Å². The number of nitrogens with zero attached hydrogens (tertiary/aromatic N) is 1. The van der Waals surface area contributed by atoms with Crippen molar-refractivity contribution in [3.63, 3.8) is 0 Å². The van der Waals surface area contributed by atoms with Gasteiger partial charge in [0.05, 0.1) is 10.6 Å². The predicted octanol–water partition coefficient (Wildman–Crippen LogP) is 5.53. The molecule has 2 nitrogen and oxygen atoms in total. The second-order valence-corrected chi connectivity index (χ2v) is 5.87. The first-order valence-corrected chi connectivity index (χ1v) is 7.05. The summed E-state index contributed by atoms with van der Waals surface area (Å²) in [4.78, 5) is 4.51. The summed E-state index contributed by atoms with van der Waals surface area (Å²) >= 11 is 9.63. The maximum Gasteiger partial charge on any atom is 0.228 e. The molecular weight excluding hydrogens is 326 g/mol. The number of hydrogen-bond acceptors (Lipinski definition) is 2.